The molecule has 2 aromatic rings. The van der Waals surface area contributed by atoms with E-state index in [0.29, 0.717) is 22.7 Å². The number of guanidine groups is 1. The fraction of sp³-hybridized carbons (Fsp3) is 0.214. The van der Waals surface area contributed by atoms with Gasteiger partial charge in [-0.2, -0.15) is 0 Å². The lowest BCUT2D eigenvalue weighted by molar-refractivity contribution is 0.825. The van der Waals surface area contributed by atoms with E-state index in [0.717, 1.165) is 11.4 Å². The van der Waals surface area contributed by atoms with Gasteiger partial charge in [0.05, 0.1) is 11.6 Å². The van der Waals surface area contributed by atoms with Gasteiger partial charge in [-0.15, -0.1) is 0 Å². The van der Waals surface area contributed by atoms with Crippen LogP contribution in [-0.2, 0) is 13.6 Å². The first-order valence-corrected chi connectivity index (χ1v) is 6.86. The molecule has 0 saturated heterocycles. The summed E-state index contributed by atoms with van der Waals surface area (Å²) in [6.07, 6.45) is 0. The third kappa shape index (κ3) is 3.46. The average molecular weight is 311 g/mol. The molecule has 6 heteroatoms. The van der Waals surface area contributed by atoms with Crippen LogP contribution in [0.2, 0.25) is 10.2 Å². The Morgan fingerprint density at radius 2 is 1.95 bits per heavy atom. The van der Waals surface area contributed by atoms with Crippen molar-refractivity contribution in [3.05, 3.63) is 51.8 Å². The van der Waals surface area contributed by atoms with Crippen LogP contribution in [0.1, 0.15) is 11.3 Å². The summed E-state index contributed by atoms with van der Waals surface area (Å²) in [7, 11) is 1.84. The molecule has 0 spiro atoms. The van der Waals surface area contributed by atoms with Crippen LogP contribution in [0.5, 0.6) is 0 Å². The molecule has 1 aromatic carbocycles. The molecule has 0 amide bonds. The molecule has 0 aliphatic rings. The predicted octanol–water partition coefficient (Wildman–Crippen LogP) is 3.57. The van der Waals surface area contributed by atoms with Gasteiger partial charge in [-0.25, -0.2) is 4.99 Å². The third-order valence-electron chi connectivity index (χ3n) is 2.95. The molecule has 0 saturated carbocycles. The number of nitrogens with one attached hydrogen (secondary N) is 1. The first kappa shape index (κ1) is 14.8. The van der Waals surface area contributed by atoms with Crippen LogP contribution in [0, 0.1) is 6.92 Å². The van der Waals surface area contributed by atoms with E-state index in [4.69, 9.17) is 28.9 Å². The van der Waals surface area contributed by atoms with E-state index >= 15 is 0 Å². The minimum atomic E-state index is 0.349. The standard InChI is InChI=1S/C14H16Cl2N4/c1-9-3-5-10(6-4-9)19-14(17)18-8-11-7-12(15)13(16)20(11)2/h3-7H,8H2,1-2H3,(H3,17,18,19). The van der Waals surface area contributed by atoms with Gasteiger partial charge in [0.25, 0.3) is 0 Å². The van der Waals surface area contributed by atoms with Crippen molar-refractivity contribution in [2.24, 2.45) is 17.8 Å². The van der Waals surface area contributed by atoms with E-state index in [9.17, 15) is 0 Å². The monoisotopic (exact) mass is 310 g/mol. The Balaban J connectivity index is 2.03. The highest BCUT2D eigenvalue weighted by Gasteiger charge is 2.08. The van der Waals surface area contributed by atoms with E-state index in [1.807, 2.05) is 38.2 Å². The van der Waals surface area contributed by atoms with Crippen LogP contribution in [-0.4, -0.2) is 10.5 Å². The minimum absolute atomic E-state index is 0.349. The highest BCUT2D eigenvalue weighted by Crippen LogP contribution is 2.25. The summed E-state index contributed by atoms with van der Waals surface area (Å²) < 4.78 is 1.78. The van der Waals surface area contributed by atoms with E-state index in [2.05, 4.69) is 10.3 Å². The molecule has 4 nitrogen and oxygen atoms in total. The van der Waals surface area contributed by atoms with Crippen molar-refractivity contribution in [3.63, 3.8) is 0 Å². The number of hydrogen-bond donors (Lipinski definition) is 2. The largest absolute Gasteiger partial charge is 0.370 e. The lowest BCUT2D eigenvalue weighted by atomic mass is 10.2. The molecule has 2 rings (SSSR count). The Kier molecular flexibility index (Phi) is 4.57. The lowest BCUT2D eigenvalue weighted by Gasteiger charge is -2.06. The molecular weight excluding hydrogens is 295 g/mol. The Bertz CT molecular complexity index is 629. The van der Waals surface area contributed by atoms with Crippen LogP contribution in [0.25, 0.3) is 0 Å². The van der Waals surface area contributed by atoms with Crippen molar-refractivity contribution >= 4 is 34.8 Å². The number of nitrogens with zero attached hydrogens (tertiary/aromatic N) is 2. The van der Waals surface area contributed by atoms with Gasteiger partial charge in [0, 0.05) is 18.4 Å². The summed E-state index contributed by atoms with van der Waals surface area (Å²) in [5.41, 5.74) is 8.84. The van der Waals surface area contributed by atoms with Gasteiger partial charge < -0.3 is 15.6 Å². The first-order valence-electron chi connectivity index (χ1n) is 6.10. The Morgan fingerprint density at radius 3 is 2.50 bits per heavy atom. The Morgan fingerprint density at radius 1 is 1.30 bits per heavy atom. The topological polar surface area (TPSA) is 55.3 Å². The second-order valence-corrected chi connectivity index (χ2v) is 5.29. The van der Waals surface area contributed by atoms with E-state index < -0.39 is 0 Å². The SMILES string of the molecule is Cc1ccc(NC(N)=NCc2cc(Cl)c(Cl)n2C)cc1. The maximum Gasteiger partial charge on any atom is 0.193 e. The second-order valence-electron chi connectivity index (χ2n) is 4.53. The smallest absolute Gasteiger partial charge is 0.193 e. The van der Waals surface area contributed by atoms with E-state index in [1.165, 1.54) is 5.56 Å². The molecule has 106 valence electrons. The third-order valence-corrected chi connectivity index (χ3v) is 3.79. The maximum atomic E-state index is 5.99. The van der Waals surface area contributed by atoms with Crippen molar-refractivity contribution in [2.75, 3.05) is 5.32 Å². The number of benzene rings is 1. The molecule has 20 heavy (non-hydrogen) atoms. The van der Waals surface area contributed by atoms with Crippen LogP contribution in [0.4, 0.5) is 5.69 Å². The van der Waals surface area contributed by atoms with Crippen LogP contribution in [0.3, 0.4) is 0 Å². The Hall–Kier alpha value is -1.65. The van der Waals surface area contributed by atoms with Gasteiger partial charge in [0.2, 0.25) is 0 Å². The molecule has 0 radical (unpaired) electrons. The predicted molar refractivity (Wildman–Crippen MR) is 85.6 cm³/mol. The van der Waals surface area contributed by atoms with Crippen molar-refractivity contribution in [3.8, 4) is 0 Å². The number of aliphatic imine (C=N–C) groups is 1. The lowest BCUT2D eigenvalue weighted by Crippen LogP contribution is -2.22. The van der Waals surface area contributed by atoms with E-state index in [1.54, 1.807) is 10.6 Å². The van der Waals surface area contributed by atoms with Crippen LogP contribution in [0.15, 0.2) is 35.3 Å². The zero-order valence-corrected chi connectivity index (χ0v) is 12.8. The number of rotatable bonds is 3. The maximum absolute atomic E-state index is 5.99. The molecule has 0 atom stereocenters. The van der Waals surface area contributed by atoms with Crippen LogP contribution < -0.4 is 11.1 Å². The van der Waals surface area contributed by atoms with Crippen molar-refractivity contribution in [2.45, 2.75) is 13.5 Å². The van der Waals surface area contributed by atoms with Crippen LogP contribution >= 0.6 is 23.2 Å². The first-order chi connectivity index (χ1) is 9.47. The fourth-order valence-corrected chi connectivity index (χ4v) is 2.15. The minimum Gasteiger partial charge on any atom is -0.370 e. The average Bonchev–Trinajstić information content (AvgIpc) is 2.66. The molecule has 1 heterocycles. The van der Waals surface area contributed by atoms with Gasteiger partial charge >= 0.3 is 0 Å². The Labute approximate surface area is 128 Å². The van der Waals surface area contributed by atoms with Crippen molar-refractivity contribution < 1.29 is 0 Å². The van der Waals surface area contributed by atoms with Crippen molar-refractivity contribution in [1.82, 2.24) is 4.57 Å². The molecule has 0 unspecified atom stereocenters. The molecule has 1 aromatic heterocycles. The number of aryl methyl sites for hydroxylation is 1. The summed E-state index contributed by atoms with van der Waals surface area (Å²) in [5.74, 6) is 0.349. The second kappa shape index (κ2) is 6.20. The summed E-state index contributed by atoms with van der Waals surface area (Å²) in [6.45, 7) is 2.44. The quantitative estimate of drug-likeness (QED) is 0.672. The molecule has 3 N–H and O–H groups in total. The number of anilines is 1. The molecule has 0 fully saturated rings. The number of aromatic nitrogens is 1. The summed E-state index contributed by atoms with van der Waals surface area (Å²) in [6, 6.07) is 9.70. The molecule has 0 aliphatic carbocycles. The zero-order chi connectivity index (χ0) is 14.7. The normalized spacial score (nSPS) is 11.7. The van der Waals surface area contributed by atoms with Gasteiger partial charge in [-0.05, 0) is 25.1 Å². The fourth-order valence-electron chi connectivity index (χ4n) is 1.73. The molecular formula is C14H16Cl2N4. The summed E-state index contributed by atoms with van der Waals surface area (Å²) >= 11 is 11.9. The number of hydrogen-bond acceptors (Lipinski definition) is 1. The highest BCUT2D eigenvalue weighted by molar-refractivity contribution is 6.41. The van der Waals surface area contributed by atoms with Gasteiger partial charge in [0.15, 0.2) is 5.96 Å². The number of nitrogens with two attached hydrogens (primary N) is 1. The molecule has 0 bridgehead atoms. The summed E-state index contributed by atoms with van der Waals surface area (Å²) in [5, 5.41) is 4.05. The molecule has 0 aliphatic heterocycles. The van der Waals surface area contributed by atoms with Crippen molar-refractivity contribution in [1.29, 1.82) is 0 Å². The zero-order valence-electron chi connectivity index (χ0n) is 11.3. The van der Waals surface area contributed by atoms with Gasteiger partial charge in [-0.1, -0.05) is 40.9 Å². The number of halogens is 2. The van der Waals surface area contributed by atoms with Gasteiger partial charge in [0.1, 0.15) is 5.15 Å². The highest BCUT2D eigenvalue weighted by atomic mass is 35.5. The summed E-state index contributed by atoms with van der Waals surface area (Å²) in [4.78, 5) is 4.27. The van der Waals surface area contributed by atoms with E-state index in [-0.39, 0.29) is 0 Å². The van der Waals surface area contributed by atoms with Gasteiger partial charge in [-0.3, -0.25) is 0 Å².